The van der Waals surface area contributed by atoms with Crippen LogP contribution in [0.2, 0.25) is 5.02 Å². The van der Waals surface area contributed by atoms with Crippen molar-refractivity contribution in [3.63, 3.8) is 0 Å². The average molecular weight is 389 g/mol. The van der Waals surface area contributed by atoms with E-state index in [1.807, 2.05) is 6.92 Å². The first kappa shape index (κ1) is 20.5. The largest absolute Gasteiger partial charge is 0.465 e. The summed E-state index contributed by atoms with van der Waals surface area (Å²) >= 11 is 6.03. The predicted molar refractivity (Wildman–Crippen MR) is 104 cm³/mol. The Bertz CT molecular complexity index is 839. The number of benzene rings is 2. The number of rotatable bonds is 7. The van der Waals surface area contributed by atoms with Gasteiger partial charge in [0.25, 0.3) is 0 Å². The van der Waals surface area contributed by atoms with Gasteiger partial charge in [-0.25, -0.2) is 4.79 Å². The Morgan fingerprint density at radius 3 is 2.37 bits per heavy atom. The van der Waals surface area contributed by atoms with Gasteiger partial charge in [-0.2, -0.15) is 0 Å². The SMILES string of the molecule is CCC(C)C(NC(=O)O)C(=O)Nc1cc(Cl)ccc1C(=O)c1ccccc1. The summed E-state index contributed by atoms with van der Waals surface area (Å²) < 4.78 is 0. The summed E-state index contributed by atoms with van der Waals surface area (Å²) in [4.78, 5) is 36.5. The lowest BCUT2D eigenvalue weighted by molar-refractivity contribution is -0.119. The number of carbonyl (C=O) groups excluding carboxylic acids is 2. The number of amides is 2. The Morgan fingerprint density at radius 1 is 1.11 bits per heavy atom. The van der Waals surface area contributed by atoms with Gasteiger partial charge in [-0.3, -0.25) is 9.59 Å². The maximum absolute atomic E-state index is 12.8. The van der Waals surface area contributed by atoms with E-state index in [0.717, 1.165) is 0 Å². The van der Waals surface area contributed by atoms with Crippen LogP contribution in [-0.2, 0) is 4.79 Å². The van der Waals surface area contributed by atoms with Gasteiger partial charge in [-0.1, -0.05) is 62.2 Å². The number of carboxylic acid groups (broad SMARTS) is 1. The molecule has 0 saturated carbocycles. The zero-order valence-electron chi connectivity index (χ0n) is 15.0. The van der Waals surface area contributed by atoms with Crippen molar-refractivity contribution in [3.8, 4) is 0 Å². The van der Waals surface area contributed by atoms with Crippen LogP contribution >= 0.6 is 11.6 Å². The summed E-state index contributed by atoms with van der Waals surface area (Å²) in [5, 5.41) is 14.2. The maximum Gasteiger partial charge on any atom is 0.405 e. The second kappa shape index (κ2) is 9.19. The van der Waals surface area contributed by atoms with Crippen LogP contribution in [0, 0.1) is 5.92 Å². The fraction of sp³-hybridized carbons (Fsp3) is 0.250. The van der Waals surface area contributed by atoms with Gasteiger partial charge in [0.2, 0.25) is 5.91 Å². The number of ketones is 1. The molecule has 0 saturated heterocycles. The molecule has 7 heteroatoms. The molecule has 0 aliphatic carbocycles. The fourth-order valence-electron chi connectivity index (χ4n) is 2.61. The van der Waals surface area contributed by atoms with Gasteiger partial charge < -0.3 is 15.7 Å². The number of carbonyl (C=O) groups is 3. The number of hydrogen-bond acceptors (Lipinski definition) is 3. The Kier molecular flexibility index (Phi) is 6.96. The molecule has 0 heterocycles. The molecule has 0 aliphatic heterocycles. The maximum atomic E-state index is 12.8. The minimum atomic E-state index is -1.29. The van der Waals surface area contributed by atoms with Gasteiger partial charge in [0, 0.05) is 16.1 Å². The molecule has 0 radical (unpaired) electrons. The van der Waals surface area contributed by atoms with E-state index in [9.17, 15) is 14.4 Å². The average Bonchev–Trinajstić information content (AvgIpc) is 2.65. The van der Waals surface area contributed by atoms with Crippen LogP contribution in [0.15, 0.2) is 48.5 Å². The van der Waals surface area contributed by atoms with Gasteiger partial charge in [0.1, 0.15) is 6.04 Å². The predicted octanol–water partition coefficient (Wildman–Crippen LogP) is 4.19. The fourth-order valence-corrected chi connectivity index (χ4v) is 2.78. The highest BCUT2D eigenvalue weighted by molar-refractivity contribution is 6.31. The topological polar surface area (TPSA) is 95.5 Å². The first-order valence-electron chi connectivity index (χ1n) is 8.53. The smallest absolute Gasteiger partial charge is 0.405 e. The molecule has 2 unspecified atom stereocenters. The lowest BCUT2D eigenvalue weighted by atomic mass is 9.97. The van der Waals surface area contributed by atoms with E-state index in [4.69, 9.17) is 16.7 Å². The molecule has 0 spiro atoms. The number of anilines is 1. The van der Waals surface area contributed by atoms with Crippen molar-refractivity contribution in [3.05, 3.63) is 64.7 Å². The molecule has 3 N–H and O–H groups in total. The summed E-state index contributed by atoms with van der Waals surface area (Å²) in [6.45, 7) is 3.63. The Balaban J connectivity index is 2.34. The van der Waals surface area contributed by atoms with Crippen LogP contribution in [-0.4, -0.2) is 28.9 Å². The minimum absolute atomic E-state index is 0.228. The molecule has 27 heavy (non-hydrogen) atoms. The number of hydrogen-bond donors (Lipinski definition) is 3. The third kappa shape index (κ3) is 5.31. The summed E-state index contributed by atoms with van der Waals surface area (Å²) in [7, 11) is 0. The van der Waals surface area contributed by atoms with E-state index in [-0.39, 0.29) is 23.0 Å². The Hall–Kier alpha value is -2.86. The normalized spacial score (nSPS) is 12.7. The molecule has 2 aromatic carbocycles. The molecular weight excluding hydrogens is 368 g/mol. The van der Waals surface area contributed by atoms with Gasteiger partial charge in [0.05, 0.1) is 5.69 Å². The van der Waals surface area contributed by atoms with E-state index in [1.165, 1.54) is 12.1 Å². The highest BCUT2D eigenvalue weighted by atomic mass is 35.5. The minimum Gasteiger partial charge on any atom is -0.465 e. The molecular formula is C20H21ClN2O4. The van der Waals surface area contributed by atoms with Crippen LogP contribution < -0.4 is 10.6 Å². The van der Waals surface area contributed by atoms with Crippen molar-refractivity contribution < 1.29 is 19.5 Å². The Morgan fingerprint density at radius 2 is 1.78 bits per heavy atom. The third-order valence-electron chi connectivity index (χ3n) is 4.29. The van der Waals surface area contributed by atoms with E-state index in [2.05, 4.69) is 10.6 Å². The highest BCUT2D eigenvalue weighted by Gasteiger charge is 2.27. The molecule has 142 valence electrons. The van der Waals surface area contributed by atoms with Crippen LogP contribution in [0.25, 0.3) is 0 Å². The van der Waals surface area contributed by atoms with E-state index < -0.39 is 18.0 Å². The van der Waals surface area contributed by atoms with E-state index in [0.29, 0.717) is 17.0 Å². The molecule has 6 nitrogen and oxygen atoms in total. The van der Waals surface area contributed by atoms with Crippen molar-refractivity contribution in [2.75, 3.05) is 5.32 Å². The lowest BCUT2D eigenvalue weighted by Crippen LogP contribution is -2.47. The molecule has 0 aromatic heterocycles. The number of nitrogens with one attached hydrogen (secondary N) is 2. The molecule has 2 atom stereocenters. The van der Waals surface area contributed by atoms with Crippen molar-refractivity contribution in [1.29, 1.82) is 0 Å². The molecule has 2 aromatic rings. The van der Waals surface area contributed by atoms with Crippen molar-refractivity contribution in [2.45, 2.75) is 26.3 Å². The van der Waals surface area contributed by atoms with Gasteiger partial charge >= 0.3 is 6.09 Å². The highest BCUT2D eigenvalue weighted by Crippen LogP contribution is 2.24. The second-order valence-corrected chi connectivity index (χ2v) is 6.62. The zero-order valence-corrected chi connectivity index (χ0v) is 15.8. The van der Waals surface area contributed by atoms with E-state index >= 15 is 0 Å². The summed E-state index contributed by atoms with van der Waals surface area (Å²) in [6, 6.07) is 12.3. The lowest BCUT2D eigenvalue weighted by Gasteiger charge is -2.22. The Labute approximate surface area is 162 Å². The monoisotopic (exact) mass is 388 g/mol. The third-order valence-corrected chi connectivity index (χ3v) is 4.53. The van der Waals surface area contributed by atoms with E-state index in [1.54, 1.807) is 43.3 Å². The van der Waals surface area contributed by atoms with Crippen molar-refractivity contribution in [1.82, 2.24) is 5.32 Å². The van der Waals surface area contributed by atoms with Crippen molar-refractivity contribution >= 4 is 35.1 Å². The van der Waals surface area contributed by atoms with Crippen LogP contribution in [0.1, 0.15) is 36.2 Å². The van der Waals surface area contributed by atoms with Crippen molar-refractivity contribution in [2.24, 2.45) is 5.92 Å². The van der Waals surface area contributed by atoms with Crippen LogP contribution in [0.4, 0.5) is 10.5 Å². The van der Waals surface area contributed by atoms with Gasteiger partial charge in [0.15, 0.2) is 5.78 Å². The first-order valence-corrected chi connectivity index (χ1v) is 8.91. The zero-order chi connectivity index (χ0) is 20.0. The first-order chi connectivity index (χ1) is 12.8. The molecule has 0 bridgehead atoms. The standard InChI is InChI=1S/C20H21ClN2O4/c1-3-12(2)17(23-20(26)27)19(25)22-16-11-14(21)9-10-15(16)18(24)13-7-5-4-6-8-13/h4-12,17,23H,3H2,1-2H3,(H,22,25)(H,26,27). The summed E-state index contributed by atoms with van der Waals surface area (Å²) in [5.74, 6) is -1.04. The summed E-state index contributed by atoms with van der Waals surface area (Å²) in [5.41, 5.74) is 0.983. The van der Waals surface area contributed by atoms with Crippen LogP contribution in [0.3, 0.4) is 0 Å². The molecule has 0 fully saturated rings. The van der Waals surface area contributed by atoms with Gasteiger partial charge in [-0.05, 0) is 24.1 Å². The van der Waals surface area contributed by atoms with Crippen LogP contribution in [0.5, 0.6) is 0 Å². The molecule has 2 rings (SSSR count). The molecule has 2 amide bonds. The summed E-state index contributed by atoms with van der Waals surface area (Å²) in [6.07, 6.45) is -0.689. The number of halogens is 1. The quantitative estimate of drug-likeness (QED) is 0.619. The van der Waals surface area contributed by atoms with Gasteiger partial charge in [-0.15, -0.1) is 0 Å². The molecule has 0 aliphatic rings. The second-order valence-electron chi connectivity index (χ2n) is 6.19.